The lowest BCUT2D eigenvalue weighted by Crippen LogP contribution is -2.30. The van der Waals surface area contributed by atoms with Crippen LogP contribution in [-0.2, 0) is 65.4 Å². The zero-order valence-corrected chi connectivity index (χ0v) is 68.0. The molecule has 0 bridgehead atoms. The van der Waals surface area contributed by atoms with Gasteiger partial charge >= 0.3 is 39.5 Å². The lowest BCUT2D eigenvalue weighted by molar-refractivity contribution is -0.161. The number of hydrogen-bond donors (Lipinski definition) is 3. The summed E-state index contributed by atoms with van der Waals surface area (Å²) >= 11 is 0. The molecule has 0 aliphatic heterocycles. The Morgan fingerprint density at radius 3 is 0.752 bits per heavy atom. The molecule has 0 rings (SSSR count). The van der Waals surface area contributed by atoms with Crippen molar-refractivity contribution in [2.45, 2.75) is 452 Å². The highest BCUT2D eigenvalue weighted by atomic mass is 31.2. The molecule has 0 aliphatic rings. The lowest BCUT2D eigenvalue weighted by atomic mass is 9.99. The SMILES string of the molecule is CCCCCCCCCCCCCCCCCCCCCCCCC(=O)OC[C@H](COP(=O)(O)OC[C@@H](O)COP(=O)(O)OC[C@@H](COC(=O)CCCCCCCCC)OC(=O)CCCCCCCCCC(C)C)OC(=O)CCCCCCCCCCCCCCCCCCCCC(C)CC. The average Bonchev–Trinajstić information content (AvgIpc) is 0.915. The van der Waals surface area contributed by atoms with Crippen molar-refractivity contribution in [3.63, 3.8) is 0 Å². The monoisotopic (exact) mass is 1480 g/mol. The number of carbonyl (C=O) groups is 4. The van der Waals surface area contributed by atoms with Gasteiger partial charge in [0.2, 0.25) is 0 Å². The number of aliphatic hydroxyl groups is 1. The van der Waals surface area contributed by atoms with Gasteiger partial charge in [-0.2, -0.15) is 0 Å². The molecule has 0 heterocycles. The average molecular weight is 1480 g/mol. The number of aliphatic hydroxyl groups excluding tert-OH is 1. The van der Waals surface area contributed by atoms with Crippen LogP contribution in [0, 0.1) is 11.8 Å². The van der Waals surface area contributed by atoms with Crippen molar-refractivity contribution in [3.8, 4) is 0 Å². The summed E-state index contributed by atoms with van der Waals surface area (Å²) in [5.74, 6) is -0.551. The first kappa shape index (κ1) is 99.1. The summed E-state index contributed by atoms with van der Waals surface area (Å²) in [7, 11) is -9.91. The molecule has 0 saturated heterocycles. The number of phosphoric ester groups is 2. The van der Waals surface area contributed by atoms with Crippen LogP contribution in [0.3, 0.4) is 0 Å². The minimum Gasteiger partial charge on any atom is -0.462 e. The van der Waals surface area contributed by atoms with Crippen LogP contribution < -0.4 is 0 Å². The van der Waals surface area contributed by atoms with E-state index in [0.29, 0.717) is 31.6 Å². The third-order valence-electron chi connectivity index (χ3n) is 19.6. The normalized spacial score (nSPS) is 14.2. The first-order valence-corrected chi connectivity index (χ1v) is 45.5. The molecular weight excluding hydrogens is 1320 g/mol. The third kappa shape index (κ3) is 74.7. The van der Waals surface area contributed by atoms with E-state index >= 15 is 0 Å². The molecule has 0 fully saturated rings. The predicted molar refractivity (Wildman–Crippen MR) is 414 cm³/mol. The summed E-state index contributed by atoms with van der Waals surface area (Å²) in [6, 6.07) is 0. The Kier molecular flexibility index (Phi) is 72.2. The van der Waals surface area contributed by atoms with Crippen LogP contribution in [0.4, 0.5) is 0 Å². The first-order chi connectivity index (χ1) is 48.9. The number of unbranched alkanes of at least 4 members (excludes halogenated alkanes) is 50. The summed E-state index contributed by atoms with van der Waals surface area (Å²) in [4.78, 5) is 72.8. The quantitative estimate of drug-likeness (QED) is 0.0222. The summed E-state index contributed by atoms with van der Waals surface area (Å²) in [6.07, 6.45) is 64.4. The van der Waals surface area contributed by atoms with Crippen molar-refractivity contribution in [1.29, 1.82) is 0 Å². The van der Waals surface area contributed by atoms with Crippen LogP contribution in [0.5, 0.6) is 0 Å². The molecule has 0 spiro atoms. The molecule has 17 nitrogen and oxygen atoms in total. The van der Waals surface area contributed by atoms with Gasteiger partial charge in [0.25, 0.3) is 0 Å². The van der Waals surface area contributed by atoms with Crippen LogP contribution >= 0.6 is 15.6 Å². The number of rotatable bonds is 81. The fourth-order valence-corrected chi connectivity index (χ4v) is 14.3. The minimum atomic E-state index is -4.96. The van der Waals surface area contributed by atoms with E-state index in [-0.39, 0.29) is 25.7 Å². The van der Waals surface area contributed by atoms with Gasteiger partial charge in [-0.25, -0.2) is 9.13 Å². The third-order valence-corrected chi connectivity index (χ3v) is 21.5. The number of carbonyl (C=O) groups excluding carboxylic acids is 4. The number of phosphoric acid groups is 2. The Labute approximate surface area is 619 Å². The van der Waals surface area contributed by atoms with Crippen LogP contribution in [-0.4, -0.2) is 96.7 Å². The molecule has 0 radical (unpaired) electrons. The minimum absolute atomic E-state index is 0.103. The van der Waals surface area contributed by atoms with E-state index in [0.717, 1.165) is 109 Å². The predicted octanol–water partition coefficient (Wildman–Crippen LogP) is 24.7. The Morgan fingerprint density at radius 2 is 0.505 bits per heavy atom. The maximum absolute atomic E-state index is 13.1. The van der Waals surface area contributed by atoms with Gasteiger partial charge in [-0.15, -0.1) is 0 Å². The number of hydrogen-bond acceptors (Lipinski definition) is 15. The Hall–Kier alpha value is -1.94. The highest BCUT2D eigenvalue weighted by Gasteiger charge is 2.30. The fourth-order valence-electron chi connectivity index (χ4n) is 12.7. The van der Waals surface area contributed by atoms with E-state index in [2.05, 4.69) is 41.5 Å². The van der Waals surface area contributed by atoms with E-state index in [1.165, 1.54) is 238 Å². The van der Waals surface area contributed by atoms with Gasteiger partial charge in [-0.05, 0) is 37.5 Å². The summed E-state index contributed by atoms with van der Waals surface area (Å²) in [5, 5.41) is 10.6. The van der Waals surface area contributed by atoms with Crippen molar-refractivity contribution in [3.05, 3.63) is 0 Å². The highest BCUT2D eigenvalue weighted by molar-refractivity contribution is 7.47. The van der Waals surface area contributed by atoms with Gasteiger partial charge in [-0.3, -0.25) is 37.3 Å². The Morgan fingerprint density at radius 1 is 0.287 bits per heavy atom. The molecule has 6 atom stereocenters. The molecule has 0 aromatic rings. The van der Waals surface area contributed by atoms with Gasteiger partial charge in [0.1, 0.15) is 19.3 Å². The number of esters is 4. The lowest BCUT2D eigenvalue weighted by Gasteiger charge is -2.21. The molecule has 101 heavy (non-hydrogen) atoms. The molecule has 3 N–H and O–H groups in total. The van der Waals surface area contributed by atoms with E-state index in [4.69, 9.17) is 37.0 Å². The molecule has 0 amide bonds. The van der Waals surface area contributed by atoms with Crippen molar-refractivity contribution < 1.29 is 80.2 Å². The van der Waals surface area contributed by atoms with Crippen LogP contribution in [0.2, 0.25) is 0 Å². The van der Waals surface area contributed by atoms with Crippen molar-refractivity contribution in [1.82, 2.24) is 0 Å². The van der Waals surface area contributed by atoms with Gasteiger partial charge in [-0.1, -0.05) is 382 Å². The fraction of sp³-hybridized carbons (Fsp3) is 0.951. The van der Waals surface area contributed by atoms with Crippen molar-refractivity contribution >= 4 is 39.5 Å². The van der Waals surface area contributed by atoms with E-state index in [9.17, 15) is 43.2 Å². The second kappa shape index (κ2) is 73.6. The first-order valence-electron chi connectivity index (χ1n) is 42.5. The zero-order valence-electron chi connectivity index (χ0n) is 66.2. The summed E-state index contributed by atoms with van der Waals surface area (Å²) < 4.78 is 68.5. The molecular formula is C82H160O17P2. The number of ether oxygens (including phenoxy) is 4. The maximum Gasteiger partial charge on any atom is 0.472 e. The smallest absolute Gasteiger partial charge is 0.462 e. The molecule has 3 unspecified atom stereocenters. The molecule has 0 aliphatic carbocycles. The summed E-state index contributed by atoms with van der Waals surface area (Å²) in [6.45, 7) is 9.58. The van der Waals surface area contributed by atoms with Crippen LogP contribution in [0.15, 0.2) is 0 Å². The second-order valence-corrected chi connectivity index (χ2v) is 33.1. The molecule has 0 aromatic carbocycles. The van der Waals surface area contributed by atoms with Crippen molar-refractivity contribution in [2.75, 3.05) is 39.6 Å². The van der Waals surface area contributed by atoms with Crippen molar-refractivity contribution in [2.24, 2.45) is 11.8 Å². The van der Waals surface area contributed by atoms with Gasteiger partial charge in [0.05, 0.1) is 26.4 Å². The molecule has 19 heteroatoms. The second-order valence-electron chi connectivity index (χ2n) is 30.2. The van der Waals surface area contributed by atoms with Gasteiger partial charge < -0.3 is 33.8 Å². The highest BCUT2D eigenvalue weighted by Crippen LogP contribution is 2.45. The standard InChI is InChI=1S/C82H160O17P2/c1-7-10-12-14-16-17-18-19-20-21-22-23-24-25-29-32-35-38-41-47-53-59-65-80(85)93-71-78(98-81(86)66-60-54-48-42-39-36-33-30-27-26-28-31-34-37-40-46-51-57-63-75(6)9-3)73-97-101(90,91)95-69-76(83)68-94-100(88,89)96-72-77(70-92-79(84)64-58-52-44-15-13-11-8-2)99-82(87)67-61-55-49-43-45-50-56-62-74(4)5/h74-78,83H,7-73H2,1-6H3,(H,88,89)(H,90,91)/t75?,76-,77+,78+/m0/s1. The molecule has 600 valence electrons. The zero-order chi connectivity index (χ0) is 74.2. The van der Waals surface area contributed by atoms with Gasteiger partial charge in [0, 0.05) is 25.7 Å². The Balaban J connectivity index is 5.12. The topological polar surface area (TPSA) is 237 Å². The Bertz CT molecular complexity index is 1940. The summed E-state index contributed by atoms with van der Waals surface area (Å²) in [5.41, 5.74) is 0. The van der Waals surface area contributed by atoms with E-state index in [1.54, 1.807) is 0 Å². The molecule has 0 aromatic heterocycles. The van der Waals surface area contributed by atoms with E-state index < -0.39 is 97.5 Å². The van der Waals surface area contributed by atoms with Gasteiger partial charge in [0.15, 0.2) is 12.2 Å². The van der Waals surface area contributed by atoms with Crippen LogP contribution in [0.25, 0.3) is 0 Å². The van der Waals surface area contributed by atoms with Crippen LogP contribution in [0.1, 0.15) is 433 Å². The van der Waals surface area contributed by atoms with E-state index in [1.807, 2.05) is 0 Å². The maximum atomic E-state index is 13.1. The largest absolute Gasteiger partial charge is 0.472 e. The molecule has 0 saturated carbocycles.